The average Bonchev–Trinajstić information content (AvgIpc) is 2.45. The normalized spacial score (nSPS) is 12.1. The predicted octanol–water partition coefficient (Wildman–Crippen LogP) is -1.40. The Morgan fingerprint density at radius 1 is 0.560 bits per heavy atom. The maximum Gasteiger partial charge on any atom is 1.00 e. The molecule has 0 aromatic heterocycles. The van der Waals surface area contributed by atoms with Gasteiger partial charge in [-0.1, -0.05) is 113 Å². The minimum Gasteiger partial charge on any atom is -0.667 e. The molecule has 0 spiro atoms. The van der Waals surface area contributed by atoms with Gasteiger partial charge in [0.15, 0.2) is 0 Å². The van der Waals surface area contributed by atoms with Crippen LogP contribution in [0.15, 0.2) is 60.7 Å². The molecule has 0 aliphatic heterocycles. The molecule has 0 aliphatic rings. The molecule has 0 heterocycles. The van der Waals surface area contributed by atoms with Crippen molar-refractivity contribution < 1.29 is 37.7 Å². The Morgan fingerprint density at radius 3 is 1.08 bits per heavy atom. The molecule has 0 N–H and O–H groups in total. The molecule has 0 radical (unpaired) electrons. The van der Waals surface area contributed by atoms with E-state index >= 15 is 0 Å². The van der Waals surface area contributed by atoms with Crippen LogP contribution in [0.2, 0.25) is 0 Å². The van der Waals surface area contributed by atoms with Crippen LogP contribution in [0.1, 0.15) is 41.5 Å². The largest absolute Gasteiger partial charge is 1.00 e. The first kappa shape index (κ1) is 24.8. The smallest absolute Gasteiger partial charge is 0.667 e. The summed E-state index contributed by atoms with van der Waals surface area (Å²) >= 11 is 0. The summed E-state index contributed by atoms with van der Waals surface area (Å²) in [6.07, 6.45) is 0. The molecular weight excluding hydrogens is 310 g/mol. The Hall–Kier alpha value is -0.228. The van der Waals surface area contributed by atoms with Gasteiger partial charge in [-0.25, -0.2) is 0 Å². The van der Waals surface area contributed by atoms with Crippen molar-refractivity contribution in [3.63, 3.8) is 0 Å². The molecule has 0 unspecified atom stereocenters. The van der Waals surface area contributed by atoms with Crippen molar-refractivity contribution >= 4 is 18.8 Å². The quantitative estimate of drug-likeness (QED) is 0.614. The SMILES string of the molecule is CC(C)(C)[N-][Si]([N-]C(C)(C)C)(c1ccccc1)c1ccccc1.[Li+].[Li+]. The minimum absolute atomic E-state index is 0. The summed E-state index contributed by atoms with van der Waals surface area (Å²) in [6.45, 7) is 13.0. The van der Waals surface area contributed by atoms with Crippen molar-refractivity contribution in [1.82, 2.24) is 0 Å². The fourth-order valence-corrected chi connectivity index (χ4v) is 6.92. The second-order valence-electron chi connectivity index (χ2n) is 7.97. The summed E-state index contributed by atoms with van der Waals surface area (Å²) in [4.78, 5) is 10.7. The van der Waals surface area contributed by atoms with E-state index in [9.17, 15) is 0 Å². The zero-order chi connectivity index (χ0) is 17.1. The van der Waals surface area contributed by atoms with E-state index in [4.69, 9.17) is 9.96 Å². The monoisotopic (exact) mass is 338 g/mol. The summed E-state index contributed by atoms with van der Waals surface area (Å²) < 4.78 is 0. The number of nitrogens with zero attached hydrogens (tertiary/aromatic N) is 2. The van der Waals surface area contributed by atoms with Gasteiger partial charge in [-0.2, -0.15) is 0 Å². The molecule has 2 aromatic carbocycles. The third-order valence-electron chi connectivity index (χ3n) is 3.35. The zero-order valence-electron chi connectivity index (χ0n) is 17.2. The summed E-state index contributed by atoms with van der Waals surface area (Å²) in [7, 11) is -2.57. The Balaban J connectivity index is 0.00000288. The first-order chi connectivity index (χ1) is 10.6. The molecule has 25 heavy (non-hydrogen) atoms. The zero-order valence-corrected chi connectivity index (χ0v) is 18.2. The van der Waals surface area contributed by atoms with Gasteiger partial charge in [0.05, 0.1) is 0 Å². The molecule has 0 saturated heterocycles. The van der Waals surface area contributed by atoms with Crippen LogP contribution in [0, 0.1) is 0 Å². The Bertz CT molecular complexity index is 562. The van der Waals surface area contributed by atoms with Gasteiger partial charge in [-0.05, 0) is 0 Å². The van der Waals surface area contributed by atoms with Gasteiger partial charge in [-0.15, -0.1) is 19.5 Å². The number of hydrogen-bond donors (Lipinski definition) is 0. The summed E-state index contributed by atoms with van der Waals surface area (Å²) in [6, 6.07) is 21.2. The second-order valence-corrected chi connectivity index (χ2v) is 10.9. The van der Waals surface area contributed by atoms with Crippen molar-refractivity contribution in [2.45, 2.75) is 52.6 Å². The third-order valence-corrected chi connectivity index (χ3v) is 7.61. The summed E-state index contributed by atoms with van der Waals surface area (Å²) in [5.74, 6) is 0. The van der Waals surface area contributed by atoms with E-state index in [0.717, 1.165) is 0 Å². The van der Waals surface area contributed by atoms with Crippen molar-refractivity contribution in [1.29, 1.82) is 0 Å². The molecule has 0 fully saturated rings. The van der Waals surface area contributed by atoms with E-state index in [1.54, 1.807) is 0 Å². The molecule has 0 amide bonds. The van der Waals surface area contributed by atoms with E-state index in [0.29, 0.717) is 0 Å². The molecule has 124 valence electrons. The Morgan fingerprint density at radius 2 is 0.840 bits per heavy atom. The van der Waals surface area contributed by atoms with Crippen molar-refractivity contribution in [2.24, 2.45) is 0 Å². The molecule has 0 saturated carbocycles. The van der Waals surface area contributed by atoms with Crippen LogP contribution in [-0.2, 0) is 0 Å². The van der Waals surface area contributed by atoms with E-state index < -0.39 is 8.40 Å². The molecule has 2 nitrogen and oxygen atoms in total. The maximum absolute atomic E-state index is 5.34. The fraction of sp³-hybridized carbons (Fsp3) is 0.400. The number of rotatable bonds is 4. The van der Waals surface area contributed by atoms with Crippen molar-refractivity contribution in [3.05, 3.63) is 70.6 Å². The minimum atomic E-state index is -2.57. The summed E-state index contributed by atoms with van der Waals surface area (Å²) in [5, 5.41) is 2.49. The van der Waals surface area contributed by atoms with Gasteiger partial charge in [0.1, 0.15) is 0 Å². The van der Waals surface area contributed by atoms with Crippen LogP contribution in [-0.4, -0.2) is 19.5 Å². The molecule has 0 bridgehead atoms. The van der Waals surface area contributed by atoms with Gasteiger partial charge in [0.2, 0.25) is 0 Å². The van der Waals surface area contributed by atoms with Crippen LogP contribution in [0.25, 0.3) is 9.96 Å². The number of benzene rings is 2. The molecule has 0 atom stereocenters. The van der Waals surface area contributed by atoms with Gasteiger partial charge in [0, 0.05) is 0 Å². The predicted molar refractivity (Wildman–Crippen MR) is 104 cm³/mol. The molecule has 2 aromatic rings. The van der Waals surface area contributed by atoms with Crippen LogP contribution in [0.3, 0.4) is 0 Å². The van der Waals surface area contributed by atoms with E-state index in [2.05, 4.69) is 102 Å². The Labute approximate surface area is 179 Å². The van der Waals surface area contributed by atoms with Gasteiger partial charge >= 0.3 is 37.7 Å². The van der Waals surface area contributed by atoms with Gasteiger partial charge in [-0.3, -0.25) is 0 Å². The van der Waals surface area contributed by atoms with Crippen LogP contribution >= 0.6 is 0 Å². The van der Waals surface area contributed by atoms with Crippen molar-refractivity contribution in [2.75, 3.05) is 0 Å². The van der Waals surface area contributed by atoms with Crippen LogP contribution in [0.5, 0.6) is 0 Å². The van der Waals surface area contributed by atoms with E-state index in [1.807, 2.05) is 0 Å². The van der Waals surface area contributed by atoms with Gasteiger partial charge < -0.3 is 9.96 Å². The summed E-state index contributed by atoms with van der Waals surface area (Å²) in [5.41, 5.74) is -0.292. The fourth-order valence-electron chi connectivity index (χ4n) is 2.76. The molecule has 5 heteroatoms. The first-order valence-electron chi connectivity index (χ1n) is 8.22. The second kappa shape index (κ2) is 9.63. The van der Waals surface area contributed by atoms with Crippen molar-refractivity contribution in [3.8, 4) is 0 Å². The van der Waals surface area contributed by atoms with E-state index in [-0.39, 0.29) is 48.8 Å². The number of hydrogen-bond acceptors (Lipinski definition) is 0. The average molecular weight is 338 g/mol. The molecule has 2 rings (SSSR count). The molecular formula is C20H28Li2N2Si. The maximum atomic E-state index is 5.34. The first-order valence-corrected chi connectivity index (χ1v) is 10.1. The third kappa shape index (κ3) is 7.12. The van der Waals surface area contributed by atoms with Crippen LogP contribution < -0.4 is 48.1 Å². The van der Waals surface area contributed by atoms with Gasteiger partial charge in [0.25, 0.3) is 0 Å². The molecule has 0 aliphatic carbocycles. The van der Waals surface area contributed by atoms with E-state index in [1.165, 1.54) is 10.4 Å². The topological polar surface area (TPSA) is 28.2 Å². The Kier molecular flexibility index (Phi) is 9.55. The van der Waals surface area contributed by atoms with Crippen LogP contribution in [0.4, 0.5) is 0 Å². The standard InChI is InChI=1S/C20H28N2Si.2Li/c1-19(2,3)21-23(22-20(4,5)6,17-13-9-7-10-14-17)18-15-11-8-12-16-18;;/h7-16H,1-6H3;;/q-2;2*+1.